The van der Waals surface area contributed by atoms with Crippen molar-refractivity contribution in [2.75, 3.05) is 6.54 Å². The molecule has 0 saturated carbocycles. The number of benzene rings is 2. The fourth-order valence-electron chi connectivity index (χ4n) is 4.57. The SMILES string of the molecule is Cc1ncc([N+](=O)[O-])n1CCN1C(=O)C2c3cccc4cccc(c34)C2C1=O. The summed E-state index contributed by atoms with van der Waals surface area (Å²) in [6, 6.07) is 11.6. The van der Waals surface area contributed by atoms with E-state index in [-0.39, 0.29) is 30.7 Å². The number of carbonyl (C=O) groups excluding carboxylic acids is 2. The van der Waals surface area contributed by atoms with Crippen molar-refractivity contribution in [1.29, 1.82) is 0 Å². The Balaban J connectivity index is 1.48. The Labute approximate surface area is 159 Å². The van der Waals surface area contributed by atoms with Crippen molar-refractivity contribution in [3.63, 3.8) is 0 Å². The first-order valence-electron chi connectivity index (χ1n) is 9.02. The first kappa shape index (κ1) is 16.6. The number of hydrogen-bond acceptors (Lipinski definition) is 5. The van der Waals surface area contributed by atoms with Gasteiger partial charge in [-0.3, -0.25) is 14.5 Å². The van der Waals surface area contributed by atoms with Crippen molar-refractivity contribution in [3.8, 4) is 0 Å². The second-order valence-electron chi connectivity index (χ2n) is 7.15. The topological polar surface area (TPSA) is 98.3 Å². The van der Waals surface area contributed by atoms with Gasteiger partial charge in [0.25, 0.3) is 0 Å². The molecular formula is C20H16N4O4. The molecule has 28 heavy (non-hydrogen) atoms. The molecule has 2 amide bonds. The zero-order valence-corrected chi connectivity index (χ0v) is 15.0. The van der Waals surface area contributed by atoms with Crippen molar-refractivity contribution in [2.45, 2.75) is 25.3 Å². The number of likely N-dealkylation sites (tertiary alicyclic amines) is 1. The molecule has 0 spiro atoms. The van der Waals surface area contributed by atoms with Crippen LogP contribution in [0.2, 0.25) is 0 Å². The molecule has 1 saturated heterocycles. The average Bonchev–Trinajstić information content (AvgIpc) is 3.29. The number of rotatable bonds is 4. The smallest absolute Gasteiger partial charge is 0.342 e. The minimum Gasteiger partial charge on any atom is -0.358 e. The van der Waals surface area contributed by atoms with E-state index in [0.29, 0.717) is 5.82 Å². The maximum atomic E-state index is 13.1. The van der Waals surface area contributed by atoms with Crippen molar-refractivity contribution < 1.29 is 14.5 Å². The van der Waals surface area contributed by atoms with Gasteiger partial charge in [0, 0.05) is 6.92 Å². The summed E-state index contributed by atoms with van der Waals surface area (Å²) in [4.78, 5) is 42.1. The molecule has 3 aromatic rings. The second-order valence-corrected chi connectivity index (χ2v) is 7.15. The molecule has 1 aromatic heterocycles. The number of imidazole rings is 1. The van der Waals surface area contributed by atoms with Crippen LogP contribution in [0.3, 0.4) is 0 Å². The van der Waals surface area contributed by atoms with Crippen LogP contribution < -0.4 is 0 Å². The number of fused-ring (bicyclic) bond motifs is 3. The van der Waals surface area contributed by atoms with Gasteiger partial charge in [-0.05, 0) is 26.8 Å². The lowest BCUT2D eigenvalue weighted by Gasteiger charge is -2.16. The molecule has 1 aliphatic heterocycles. The summed E-state index contributed by atoms with van der Waals surface area (Å²) in [5.41, 5.74) is 1.78. The van der Waals surface area contributed by atoms with Crippen molar-refractivity contribution >= 4 is 28.4 Å². The predicted octanol–water partition coefficient (Wildman–Crippen LogP) is 2.50. The third kappa shape index (κ3) is 2.08. The highest BCUT2D eigenvalue weighted by Crippen LogP contribution is 2.51. The largest absolute Gasteiger partial charge is 0.358 e. The van der Waals surface area contributed by atoms with E-state index in [1.165, 1.54) is 15.7 Å². The molecule has 1 fully saturated rings. The number of carbonyl (C=O) groups is 2. The fourth-order valence-corrected chi connectivity index (χ4v) is 4.57. The Hall–Kier alpha value is -3.55. The predicted molar refractivity (Wildman–Crippen MR) is 99.8 cm³/mol. The zero-order chi connectivity index (χ0) is 19.6. The highest BCUT2D eigenvalue weighted by molar-refractivity contribution is 6.16. The van der Waals surface area contributed by atoms with Crippen LogP contribution in [-0.4, -0.2) is 37.7 Å². The standard InChI is InChI=1S/C20H16N4O4/c1-11-21-10-15(24(27)28)22(11)8-9-23-19(25)17-13-6-2-4-12-5-3-7-14(16(12)13)18(17)20(23)26/h2-7,10,17-18H,8-9H2,1H3. The molecule has 5 rings (SSSR count). The Kier molecular flexibility index (Phi) is 3.39. The highest BCUT2D eigenvalue weighted by atomic mass is 16.6. The molecule has 1 aliphatic carbocycles. The van der Waals surface area contributed by atoms with E-state index in [2.05, 4.69) is 4.98 Å². The van der Waals surface area contributed by atoms with Gasteiger partial charge in [-0.1, -0.05) is 36.4 Å². The lowest BCUT2D eigenvalue weighted by atomic mass is 9.92. The number of hydrogen-bond donors (Lipinski definition) is 0. The molecule has 2 aliphatic rings. The third-order valence-electron chi connectivity index (χ3n) is 5.81. The number of amides is 2. The number of nitro groups is 1. The fraction of sp³-hybridized carbons (Fsp3) is 0.250. The van der Waals surface area contributed by atoms with E-state index in [1.54, 1.807) is 6.92 Å². The molecule has 0 radical (unpaired) electrons. The molecular weight excluding hydrogens is 360 g/mol. The molecule has 8 nitrogen and oxygen atoms in total. The van der Waals surface area contributed by atoms with Crippen LogP contribution in [0.5, 0.6) is 0 Å². The minimum atomic E-state index is -0.515. The van der Waals surface area contributed by atoms with Gasteiger partial charge in [0.1, 0.15) is 12.7 Å². The van der Waals surface area contributed by atoms with Gasteiger partial charge in [-0.2, -0.15) is 0 Å². The lowest BCUT2D eigenvalue weighted by molar-refractivity contribution is -0.392. The summed E-state index contributed by atoms with van der Waals surface area (Å²) in [6.45, 7) is 1.89. The van der Waals surface area contributed by atoms with Gasteiger partial charge in [-0.15, -0.1) is 0 Å². The summed E-state index contributed by atoms with van der Waals surface area (Å²) in [7, 11) is 0. The summed E-state index contributed by atoms with van der Waals surface area (Å²) in [5.74, 6) is -1.16. The van der Waals surface area contributed by atoms with Gasteiger partial charge >= 0.3 is 5.82 Å². The first-order chi connectivity index (χ1) is 13.5. The molecule has 140 valence electrons. The summed E-state index contributed by atoms with van der Waals surface area (Å²) in [5, 5.41) is 13.2. The molecule has 2 atom stereocenters. The van der Waals surface area contributed by atoms with E-state index < -0.39 is 16.8 Å². The molecule has 2 aromatic carbocycles. The monoisotopic (exact) mass is 376 g/mol. The maximum absolute atomic E-state index is 13.1. The zero-order valence-electron chi connectivity index (χ0n) is 15.0. The van der Waals surface area contributed by atoms with Crippen molar-refractivity contribution in [1.82, 2.24) is 14.5 Å². The lowest BCUT2D eigenvalue weighted by Crippen LogP contribution is -2.34. The molecule has 0 bridgehead atoms. The Bertz CT molecular complexity index is 1130. The second kappa shape index (κ2) is 5.72. The van der Waals surface area contributed by atoms with Crippen LogP contribution in [0.4, 0.5) is 5.82 Å². The minimum absolute atomic E-state index is 0.0842. The van der Waals surface area contributed by atoms with Gasteiger partial charge < -0.3 is 10.1 Å². The number of imide groups is 1. The van der Waals surface area contributed by atoms with Gasteiger partial charge in [0.05, 0.1) is 18.4 Å². The van der Waals surface area contributed by atoms with Crippen LogP contribution in [-0.2, 0) is 16.1 Å². The Morgan fingerprint density at radius 2 is 1.64 bits per heavy atom. The van der Waals surface area contributed by atoms with Crippen molar-refractivity contribution in [3.05, 3.63) is 69.7 Å². The normalized spacial score (nSPS) is 20.2. The Morgan fingerprint density at radius 1 is 1.04 bits per heavy atom. The van der Waals surface area contributed by atoms with E-state index in [0.717, 1.165) is 21.9 Å². The Morgan fingerprint density at radius 3 is 2.21 bits per heavy atom. The van der Waals surface area contributed by atoms with Gasteiger partial charge in [-0.25, -0.2) is 9.55 Å². The third-order valence-corrected chi connectivity index (χ3v) is 5.81. The number of aryl methyl sites for hydroxylation is 1. The highest BCUT2D eigenvalue weighted by Gasteiger charge is 2.53. The quantitative estimate of drug-likeness (QED) is 0.396. The average molecular weight is 376 g/mol. The summed E-state index contributed by atoms with van der Waals surface area (Å²) in [6.07, 6.45) is 1.19. The van der Waals surface area contributed by atoms with Gasteiger partial charge in [0.2, 0.25) is 11.8 Å². The van der Waals surface area contributed by atoms with E-state index in [4.69, 9.17) is 0 Å². The van der Waals surface area contributed by atoms with Crippen molar-refractivity contribution in [2.24, 2.45) is 0 Å². The van der Waals surface area contributed by atoms with Gasteiger partial charge in [0.15, 0.2) is 5.82 Å². The van der Waals surface area contributed by atoms with Crippen LogP contribution in [0.25, 0.3) is 10.8 Å². The van der Waals surface area contributed by atoms with Crippen LogP contribution >= 0.6 is 0 Å². The van der Waals surface area contributed by atoms with Crippen LogP contribution in [0.15, 0.2) is 42.6 Å². The number of aromatic nitrogens is 2. The molecule has 2 unspecified atom stereocenters. The van der Waals surface area contributed by atoms with E-state index in [9.17, 15) is 19.7 Å². The van der Waals surface area contributed by atoms with E-state index in [1.807, 2.05) is 36.4 Å². The first-order valence-corrected chi connectivity index (χ1v) is 9.02. The molecule has 0 N–H and O–H groups in total. The summed E-state index contributed by atoms with van der Waals surface area (Å²) < 4.78 is 1.42. The maximum Gasteiger partial charge on any atom is 0.342 e. The molecule has 2 heterocycles. The van der Waals surface area contributed by atoms with E-state index >= 15 is 0 Å². The molecule has 8 heteroatoms. The van der Waals surface area contributed by atoms with Crippen LogP contribution in [0.1, 0.15) is 28.8 Å². The summed E-state index contributed by atoms with van der Waals surface area (Å²) >= 11 is 0. The van der Waals surface area contributed by atoms with Crippen LogP contribution in [0, 0.1) is 17.0 Å². The number of nitrogens with zero attached hydrogens (tertiary/aromatic N) is 4.